The molecule has 2 atom stereocenters. The fourth-order valence-electron chi connectivity index (χ4n) is 0.708. The fourth-order valence-corrected chi connectivity index (χ4v) is 0.708. The molecule has 0 fully saturated rings. The molecular formula is C6H10O2. The zero-order valence-electron chi connectivity index (χ0n) is 4.83. The summed E-state index contributed by atoms with van der Waals surface area (Å²) in [7, 11) is 0. The van der Waals surface area contributed by atoms with Gasteiger partial charge in [-0.15, -0.1) is 0 Å². The number of aliphatic hydroxyl groups excluding tert-OH is 1. The third-order valence-corrected chi connectivity index (χ3v) is 1.72. The maximum absolute atomic E-state index is 9.15. The Morgan fingerprint density at radius 2 is 2.38 bits per heavy atom. The smallest absolute Gasteiger partial charge is 0.112 e. The highest BCUT2D eigenvalue weighted by Gasteiger charge is 2.34. The summed E-state index contributed by atoms with van der Waals surface area (Å²) >= 11 is 0. The minimum Gasteiger partial charge on any atom is -0.393 e. The summed E-state index contributed by atoms with van der Waals surface area (Å²) in [6.07, 6.45) is 3.49. The van der Waals surface area contributed by atoms with Gasteiger partial charge in [0.25, 0.3) is 0 Å². The second kappa shape index (κ2) is 1.57. The van der Waals surface area contributed by atoms with Gasteiger partial charge in [0.15, 0.2) is 0 Å². The van der Waals surface area contributed by atoms with E-state index in [1.807, 2.05) is 13.0 Å². The van der Waals surface area contributed by atoms with Gasteiger partial charge < -0.3 is 10.2 Å². The van der Waals surface area contributed by atoms with Gasteiger partial charge in [-0.05, 0) is 0 Å². The standard InChI is InChI=1S/C6H10O2/c1-5-2-3-6(5,8)4-7/h2-3,5,7-8H,4H2,1H3. The number of hydrogen-bond acceptors (Lipinski definition) is 2. The lowest BCUT2D eigenvalue weighted by Crippen LogP contribution is -2.43. The van der Waals surface area contributed by atoms with E-state index < -0.39 is 5.60 Å². The Morgan fingerprint density at radius 3 is 2.38 bits per heavy atom. The molecule has 1 aliphatic carbocycles. The molecule has 0 heterocycles. The van der Waals surface area contributed by atoms with Crippen molar-refractivity contribution < 1.29 is 10.2 Å². The third kappa shape index (κ3) is 0.572. The lowest BCUT2D eigenvalue weighted by molar-refractivity contribution is -0.0179. The normalized spacial score (nSPS) is 44.1. The second-order valence-corrected chi connectivity index (χ2v) is 2.30. The van der Waals surface area contributed by atoms with E-state index in [2.05, 4.69) is 0 Å². The zero-order valence-corrected chi connectivity index (χ0v) is 4.83. The summed E-state index contributed by atoms with van der Waals surface area (Å²) in [5, 5.41) is 17.7. The Kier molecular flexibility index (Phi) is 1.14. The van der Waals surface area contributed by atoms with Gasteiger partial charge in [0.2, 0.25) is 0 Å². The Morgan fingerprint density at radius 1 is 1.75 bits per heavy atom. The van der Waals surface area contributed by atoms with Crippen LogP contribution < -0.4 is 0 Å². The van der Waals surface area contributed by atoms with Crippen molar-refractivity contribution in [2.75, 3.05) is 6.61 Å². The molecule has 1 rings (SSSR count). The van der Waals surface area contributed by atoms with Gasteiger partial charge in [0, 0.05) is 5.92 Å². The highest BCUT2D eigenvalue weighted by molar-refractivity contribution is 5.19. The first-order valence-corrected chi connectivity index (χ1v) is 2.71. The third-order valence-electron chi connectivity index (χ3n) is 1.72. The molecule has 2 N–H and O–H groups in total. The van der Waals surface area contributed by atoms with Gasteiger partial charge in [-0.1, -0.05) is 19.1 Å². The van der Waals surface area contributed by atoms with E-state index in [4.69, 9.17) is 10.2 Å². The van der Waals surface area contributed by atoms with Crippen LogP contribution in [0.4, 0.5) is 0 Å². The van der Waals surface area contributed by atoms with E-state index in [0.29, 0.717) is 0 Å². The van der Waals surface area contributed by atoms with Gasteiger partial charge >= 0.3 is 0 Å². The predicted octanol–water partition coefficient (Wildman–Crippen LogP) is -0.0843. The lowest BCUT2D eigenvalue weighted by Gasteiger charge is -2.34. The average Bonchev–Trinajstić information content (AvgIpc) is 1.83. The molecule has 46 valence electrons. The largest absolute Gasteiger partial charge is 0.393 e. The van der Waals surface area contributed by atoms with Crippen LogP contribution in [0.2, 0.25) is 0 Å². The van der Waals surface area contributed by atoms with Crippen molar-refractivity contribution in [1.29, 1.82) is 0 Å². The predicted molar refractivity (Wildman–Crippen MR) is 30.3 cm³/mol. The van der Waals surface area contributed by atoms with Crippen molar-refractivity contribution in [2.45, 2.75) is 12.5 Å². The SMILES string of the molecule is CC1C=CC1(O)CO. The molecule has 0 aromatic heterocycles. The van der Waals surface area contributed by atoms with Crippen molar-refractivity contribution in [3.05, 3.63) is 12.2 Å². The van der Waals surface area contributed by atoms with Gasteiger partial charge in [-0.2, -0.15) is 0 Å². The molecule has 2 unspecified atom stereocenters. The van der Waals surface area contributed by atoms with E-state index in [1.54, 1.807) is 6.08 Å². The molecule has 0 bridgehead atoms. The molecule has 0 saturated carbocycles. The molecular weight excluding hydrogens is 104 g/mol. The van der Waals surface area contributed by atoms with Crippen LogP contribution in [0, 0.1) is 5.92 Å². The first kappa shape index (κ1) is 5.79. The zero-order chi connectivity index (χ0) is 6.20. The van der Waals surface area contributed by atoms with Crippen molar-refractivity contribution in [1.82, 2.24) is 0 Å². The Hall–Kier alpha value is -0.340. The number of hydrogen-bond donors (Lipinski definition) is 2. The Bertz CT molecular complexity index is 120. The summed E-state index contributed by atoms with van der Waals surface area (Å²) in [4.78, 5) is 0. The van der Waals surface area contributed by atoms with E-state index >= 15 is 0 Å². The summed E-state index contributed by atoms with van der Waals surface area (Å²) < 4.78 is 0. The minimum atomic E-state index is -0.903. The monoisotopic (exact) mass is 114 g/mol. The van der Waals surface area contributed by atoms with Crippen LogP contribution in [-0.2, 0) is 0 Å². The van der Waals surface area contributed by atoms with Gasteiger partial charge in [0.05, 0.1) is 6.61 Å². The van der Waals surface area contributed by atoms with Gasteiger partial charge in [-0.25, -0.2) is 0 Å². The second-order valence-electron chi connectivity index (χ2n) is 2.30. The molecule has 0 amide bonds. The lowest BCUT2D eigenvalue weighted by atomic mass is 9.80. The molecule has 0 spiro atoms. The van der Waals surface area contributed by atoms with Gasteiger partial charge in [0.1, 0.15) is 5.60 Å². The van der Waals surface area contributed by atoms with Crippen LogP contribution in [0.25, 0.3) is 0 Å². The van der Waals surface area contributed by atoms with Crippen molar-refractivity contribution in [3.8, 4) is 0 Å². The molecule has 0 saturated heterocycles. The molecule has 0 aliphatic heterocycles. The van der Waals surface area contributed by atoms with Crippen LogP contribution in [0.3, 0.4) is 0 Å². The first-order chi connectivity index (χ1) is 3.69. The topological polar surface area (TPSA) is 40.5 Å². The summed E-state index contributed by atoms with van der Waals surface area (Å²) in [6.45, 7) is 1.71. The summed E-state index contributed by atoms with van der Waals surface area (Å²) in [6, 6.07) is 0. The first-order valence-electron chi connectivity index (χ1n) is 2.71. The molecule has 1 aliphatic rings. The van der Waals surface area contributed by atoms with E-state index in [1.165, 1.54) is 0 Å². The van der Waals surface area contributed by atoms with Crippen molar-refractivity contribution in [2.24, 2.45) is 5.92 Å². The maximum Gasteiger partial charge on any atom is 0.112 e. The quantitative estimate of drug-likeness (QED) is 0.468. The maximum atomic E-state index is 9.15. The summed E-state index contributed by atoms with van der Waals surface area (Å²) in [5.74, 6) is 0.118. The summed E-state index contributed by atoms with van der Waals surface area (Å²) in [5.41, 5.74) is -0.903. The van der Waals surface area contributed by atoms with E-state index in [0.717, 1.165) is 0 Å². The minimum absolute atomic E-state index is 0.118. The Labute approximate surface area is 48.5 Å². The molecule has 0 aromatic carbocycles. The number of aliphatic hydroxyl groups is 2. The van der Waals surface area contributed by atoms with E-state index in [-0.39, 0.29) is 12.5 Å². The van der Waals surface area contributed by atoms with Crippen LogP contribution in [0.5, 0.6) is 0 Å². The van der Waals surface area contributed by atoms with Crippen LogP contribution in [-0.4, -0.2) is 22.4 Å². The van der Waals surface area contributed by atoms with Crippen molar-refractivity contribution in [3.63, 3.8) is 0 Å². The fraction of sp³-hybridized carbons (Fsp3) is 0.667. The molecule has 8 heavy (non-hydrogen) atoms. The molecule has 0 aromatic rings. The molecule has 2 heteroatoms. The average molecular weight is 114 g/mol. The van der Waals surface area contributed by atoms with Crippen LogP contribution >= 0.6 is 0 Å². The van der Waals surface area contributed by atoms with E-state index in [9.17, 15) is 0 Å². The molecule has 2 nitrogen and oxygen atoms in total. The van der Waals surface area contributed by atoms with Gasteiger partial charge in [-0.3, -0.25) is 0 Å². The van der Waals surface area contributed by atoms with Crippen LogP contribution in [0.15, 0.2) is 12.2 Å². The van der Waals surface area contributed by atoms with Crippen molar-refractivity contribution >= 4 is 0 Å². The van der Waals surface area contributed by atoms with Crippen LogP contribution in [0.1, 0.15) is 6.92 Å². The number of rotatable bonds is 1. The Balaban J connectivity index is 2.59. The molecule has 0 radical (unpaired) electrons. The highest BCUT2D eigenvalue weighted by Crippen LogP contribution is 2.28. The highest BCUT2D eigenvalue weighted by atomic mass is 16.3.